The fourth-order valence-electron chi connectivity index (χ4n) is 2.45. The van der Waals surface area contributed by atoms with Crippen LogP contribution in [0.4, 0.5) is 5.95 Å². The molecule has 0 atom stereocenters. The number of rotatable bonds is 8. The van der Waals surface area contributed by atoms with E-state index in [9.17, 15) is 0 Å². The van der Waals surface area contributed by atoms with Crippen LogP contribution < -0.4 is 14.8 Å². The van der Waals surface area contributed by atoms with E-state index in [4.69, 9.17) is 21.1 Å². The summed E-state index contributed by atoms with van der Waals surface area (Å²) in [6.07, 6.45) is 0. The molecule has 0 aliphatic rings. The molecular weight excluding hydrogens is 434 g/mol. The fraction of sp³-hybridized carbons (Fsp3) is 0.278. The molecule has 0 saturated heterocycles. The third-order valence-electron chi connectivity index (χ3n) is 3.91. The van der Waals surface area contributed by atoms with Crippen molar-refractivity contribution in [1.82, 2.24) is 20.2 Å². The van der Waals surface area contributed by atoms with Crippen LogP contribution in [0.2, 0.25) is 5.02 Å². The van der Waals surface area contributed by atoms with Crippen molar-refractivity contribution >= 4 is 33.5 Å². The van der Waals surface area contributed by atoms with Gasteiger partial charge in [0.25, 0.3) is 0 Å². The number of hydrogen-bond donors (Lipinski definition) is 1. The van der Waals surface area contributed by atoms with E-state index >= 15 is 0 Å². The summed E-state index contributed by atoms with van der Waals surface area (Å²) in [7, 11) is 1.62. The lowest BCUT2D eigenvalue weighted by molar-refractivity contribution is 0.284. The van der Waals surface area contributed by atoms with E-state index in [2.05, 4.69) is 36.8 Å². The molecule has 3 rings (SSSR count). The molecule has 2 aromatic carbocycles. The first-order valence-electron chi connectivity index (χ1n) is 8.34. The highest BCUT2D eigenvalue weighted by Gasteiger charge is 2.12. The molecule has 0 spiro atoms. The summed E-state index contributed by atoms with van der Waals surface area (Å²) < 4.78 is 14.0. The molecule has 9 heteroatoms. The van der Waals surface area contributed by atoms with Gasteiger partial charge < -0.3 is 14.8 Å². The highest BCUT2D eigenvalue weighted by molar-refractivity contribution is 9.10. The van der Waals surface area contributed by atoms with Gasteiger partial charge in [0.1, 0.15) is 6.61 Å². The van der Waals surface area contributed by atoms with E-state index in [1.807, 2.05) is 43.3 Å². The van der Waals surface area contributed by atoms with Crippen LogP contribution >= 0.6 is 27.5 Å². The number of ether oxygens (including phenoxy) is 2. The number of halogens is 2. The molecule has 1 N–H and O–H groups in total. The van der Waals surface area contributed by atoms with Crippen LogP contribution in [0, 0.1) is 0 Å². The quantitative estimate of drug-likeness (QED) is 0.549. The highest BCUT2D eigenvalue weighted by Crippen LogP contribution is 2.34. The summed E-state index contributed by atoms with van der Waals surface area (Å²) in [5.41, 5.74) is 2.02. The van der Waals surface area contributed by atoms with E-state index in [0.29, 0.717) is 42.2 Å². The van der Waals surface area contributed by atoms with E-state index in [0.717, 1.165) is 15.6 Å². The normalized spacial score (nSPS) is 10.7. The predicted octanol–water partition coefficient (Wildman–Crippen LogP) is 4.31. The monoisotopic (exact) mass is 451 g/mol. The Bertz CT molecular complexity index is 901. The van der Waals surface area contributed by atoms with Crippen LogP contribution in [0.3, 0.4) is 0 Å². The number of anilines is 1. The molecule has 0 aliphatic heterocycles. The van der Waals surface area contributed by atoms with Gasteiger partial charge in [-0.3, -0.25) is 0 Å². The van der Waals surface area contributed by atoms with Crippen molar-refractivity contribution in [3.8, 4) is 11.5 Å². The minimum absolute atomic E-state index is 0.419. The Kier molecular flexibility index (Phi) is 6.52. The smallest absolute Gasteiger partial charge is 0.243 e. The lowest BCUT2D eigenvalue weighted by Crippen LogP contribution is -2.08. The summed E-state index contributed by atoms with van der Waals surface area (Å²) in [6.45, 7) is 3.63. The van der Waals surface area contributed by atoms with Gasteiger partial charge in [-0.2, -0.15) is 0 Å². The lowest BCUT2D eigenvalue weighted by atomic mass is 10.2. The Labute approximate surface area is 170 Å². The van der Waals surface area contributed by atoms with Crippen molar-refractivity contribution in [3.05, 3.63) is 57.0 Å². The molecule has 0 radical (unpaired) electrons. The maximum atomic E-state index is 5.92. The second kappa shape index (κ2) is 9.05. The fourth-order valence-corrected chi connectivity index (χ4v) is 3.03. The van der Waals surface area contributed by atoms with Crippen LogP contribution in [0.1, 0.15) is 18.1 Å². The maximum absolute atomic E-state index is 5.92. The van der Waals surface area contributed by atoms with Crippen molar-refractivity contribution in [2.75, 3.05) is 12.4 Å². The summed E-state index contributed by atoms with van der Waals surface area (Å²) in [5.74, 6) is 1.92. The zero-order valence-electron chi connectivity index (χ0n) is 14.9. The topological polar surface area (TPSA) is 74.1 Å². The molecular formula is C18H19BrClN5O2. The van der Waals surface area contributed by atoms with Crippen molar-refractivity contribution in [2.45, 2.75) is 26.6 Å². The molecule has 0 fully saturated rings. The third kappa shape index (κ3) is 4.90. The number of benzene rings is 2. The standard InChI is InChI=1S/C18H19BrClN5O2/c1-3-25-18(22-23-24-25)21-10-13-8-16(26-2)17(9-15(13)19)27-11-12-4-6-14(20)7-5-12/h4-9H,3,10-11H2,1-2H3,(H,21,22,24). The van der Waals surface area contributed by atoms with Gasteiger partial charge in [-0.25, -0.2) is 4.68 Å². The predicted molar refractivity (Wildman–Crippen MR) is 107 cm³/mol. The largest absolute Gasteiger partial charge is 0.493 e. The van der Waals surface area contributed by atoms with Gasteiger partial charge in [-0.05, 0) is 52.7 Å². The number of nitrogens with zero attached hydrogens (tertiary/aromatic N) is 4. The van der Waals surface area contributed by atoms with Gasteiger partial charge in [0, 0.05) is 22.6 Å². The van der Waals surface area contributed by atoms with E-state index in [1.54, 1.807) is 11.8 Å². The minimum atomic E-state index is 0.419. The van der Waals surface area contributed by atoms with Gasteiger partial charge in [0.2, 0.25) is 5.95 Å². The van der Waals surface area contributed by atoms with E-state index in [-0.39, 0.29) is 0 Å². The summed E-state index contributed by atoms with van der Waals surface area (Å²) in [5, 5.41) is 15.5. The van der Waals surface area contributed by atoms with Crippen molar-refractivity contribution in [1.29, 1.82) is 0 Å². The van der Waals surface area contributed by atoms with Gasteiger partial charge in [0.05, 0.1) is 7.11 Å². The van der Waals surface area contributed by atoms with E-state index < -0.39 is 0 Å². The van der Waals surface area contributed by atoms with Crippen molar-refractivity contribution in [2.24, 2.45) is 0 Å². The first-order chi connectivity index (χ1) is 13.1. The Morgan fingerprint density at radius 3 is 2.67 bits per heavy atom. The lowest BCUT2D eigenvalue weighted by Gasteiger charge is -2.14. The second-order valence-corrected chi connectivity index (χ2v) is 6.97. The molecule has 0 aliphatic carbocycles. The van der Waals surface area contributed by atoms with Crippen molar-refractivity contribution in [3.63, 3.8) is 0 Å². The zero-order chi connectivity index (χ0) is 19.2. The minimum Gasteiger partial charge on any atom is -0.493 e. The molecule has 0 saturated carbocycles. The molecule has 7 nitrogen and oxygen atoms in total. The SMILES string of the molecule is CCn1nnnc1NCc1cc(OC)c(OCc2ccc(Cl)cc2)cc1Br. The average molecular weight is 453 g/mol. The van der Waals surface area contributed by atoms with Gasteiger partial charge in [-0.1, -0.05) is 44.8 Å². The second-order valence-electron chi connectivity index (χ2n) is 5.68. The Morgan fingerprint density at radius 1 is 1.19 bits per heavy atom. The first kappa shape index (κ1) is 19.4. The Morgan fingerprint density at radius 2 is 1.96 bits per heavy atom. The van der Waals surface area contributed by atoms with Crippen LogP contribution in [0.15, 0.2) is 40.9 Å². The van der Waals surface area contributed by atoms with Crippen LogP contribution in [0.5, 0.6) is 11.5 Å². The molecule has 0 amide bonds. The highest BCUT2D eigenvalue weighted by atomic mass is 79.9. The van der Waals surface area contributed by atoms with Crippen LogP contribution in [-0.2, 0) is 19.7 Å². The molecule has 142 valence electrons. The number of nitrogens with one attached hydrogen (secondary N) is 1. The molecule has 0 bridgehead atoms. The number of methoxy groups -OCH3 is 1. The zero-order valence-corrected chi connectivity index (χ0v) is 17.3. The summed E-state index contributed by atoms with van der Waals surface area (Å²) in [6, 6.07) is 11.4. The number of aryl methyl sites for hydroxylation is 1. The van der Waals surface area contributed by atoms with Crippen LogP contribution in [0.25, 0.3) is 0 Å². The average Bonchev–Trinajstić information content (AvgIpc) is 3.14. The molecule has 0 unspecified atom stereocenters. The maximum Gasteiger partial charge on any atom is 0.243 e. The molecule has 1 aromatic heterocycles. The van der Waals surface area contributed by atoms with Crippen LogP contribution in [-0.4, -0.2) is 27.3 Å². The Balaban J connectivity index is 1.71. The summed E-state index contributed by atoms with van der Waals surface area (Å²) >= 11 is 9.51. The molecule has 3 aromatic rings. The van der Waals surface area contributed by atoms with Gasteiger partial charge >= 0.3 is 0 Å². The number of aromatic nitrogens is 4. The first-order valence-corrected chi connectivity index (χ1v) is 9.51. The third-order valence-corrected chi connectivity index (χ3v) is 4.90. The number of hydrogen-bond acceptors (Lipinski definition) is 6. The summed E-state index contributed by atoms with van der Waals surface area (Å²) in [4.78, 5) is 0. The Hall–Kier alpha value is -2.32. The van der Waals surface area contributed by atoms with Gasteiger partial charge in [0.15, 0.2) is 11.5 Å². The van der Waals surface area contributed by atoms with Gasteiger partial charge in [-0.15, -0.1) is 0 Å². The van der Waals surface area contributed by atoms with Crippen molar-refractivity contribution < 1.29 is 9.47 Å². The molecule has 1 heterocycles. The molecule has 27 heavy (non-hydrogen) atoms. The number of tetrazole rings is 1. The van der Waals surface area contributed by atoms with E-state index in [1.165, 1.54) is 0 Å².